The van der Waals surface area contributed by atoms with Crippen LogP contribution in [0.1, 0.15) is 11.5 Å². The molecule has 2 N–H and O–H groups in total. The summed E-state index contributed by atoms with van der Waals surface area (Å²) < 4.78 is 4.82. The van der Waals surface area contributed by atoms with Crippen LogP contribution in [0.5, 0.6) is 0 Å². The van der Waals surface area contributed by atoms with Crippen molar-refractivity contribution < 1.29 is 9.63 Å². The summed E-state index contributed by atoms with van der Waals surface area (Å²) in [7, 11) is 0. The maximum absolute atomic E-state index is 11.5. The highest BCUT2D eigenvalue weighted by molar-refractivity contribution is 5.50. The molecule has 2 aromatic rings. The number of pyridine rings is 1. The molecule has 0 atom stereocenters. The second kappa shape index (κ2) is 3.66. The number of aromatic nitrogens is 3. The van der Waals surface area contributed by atoms with E-state index in [9.17, 15) is 4.79 Å². The quantitative estimate of drug-likeness (QED) is 0.735. The molecule has 6 heteroatoms. The average molecular weight is 207 g/mol. The third-order valence-electron chi connectivity index (χ3n) is 1.90. The largest absolute Gasteiger partial charge is 0.388 e. The molecule has 6 nitrogen and oxygen atoms in total. The molecule has 15 heavy (non-hydrogen) atoms. The number of nitrogens with zero attached hydrogens (tertiary/aromatic N) is 2. The Labute approximate surface area is 84.6 Å². The molecule has 0 aromatic carbocycles. The summed E-state index contributed by atoms with van der Waals surface area (Å²) >= 11 is 0. The fourth-order valence-corrected chi connectivity index (χ4v) is 1.17. The topological polar surface area (TPSA) is 92.0 Å². The lowest BCUT2D eigenvalue weighted by Gasteiger charge is -1.94. The van der Waals surface area contributed by atoms with Gasteiger partial charge in [0.15, 0.2) is 11.3 Å². The van der Waals surface area contributed by atoms with Crippen LogP contribution in [-0.2, 0) is 6.61 Å². The zero-order valence-electron chi connectivity index (χ0n) is 8.02. The van der Waals surface area contributed by atoms with Crippen LogP contribution in [0.2, 0.25) is 0 Å². The van der Waals surface area contributed by atoms with Crippen LogP contribution in [0.4, 0.5) is 0 Å². The Morgan fingerprint density at radius 1 is 1.60 bits per heavy atom. The molecular weight excluding hydrogens is 198 g/mol. The third-order valence-corrected chi connectivity index (χ3v) is 1.90. The Kier molecular flexibility index (Phi) is 2.34. The summed E-state index contributed by atoms with van der Waals surface area (Å²) in [4.78, 5) is 18.2. The number of aliphatic hydroxyl groups excluding tert-OH is 1. The van der Waals surface area contributed by atoms with Gasteiger partial charge in [-0.2, -0.15) is 4.98 Å². The highest BCUT2D eigenvalue weighted by atomic mass is 16.5. The summed E-state index contributed by atoms with van der Waals surface area (Å²) in [5.41, 5.74) is 0.859. The number of aliphatic hydroxyl groups is 1. The van der Waals surface area contributed by atoms with Gasteiger partial charge in [-0.15, -0.1) is 0 Å². The minimum atomic E-state index is -0.312. The highest BCUT2D eigenvalue weighted by Gasteiger charge is 2.11. The Balaban J connectivity index is 2.49. The van der Waals surface area contributed by atoms with Crippen molar-refractivity contribution in [3.8, 4) is 11.5 Å². The van der Waals surface area contributed by atoms with Crippen molar-refractivity contribution in [3.63, 3.8) is 0 Å². The minimum Gasteiger partial charge on any atom is -0.388 e. The standard InChI is InChI=1S/C9H9N3O3/c1-5-2-7(14)6(3-10-5)9-11-8(4-13)12-15-9/h2-3,13H,4H2,1H3,(H,10,14). The number of H-pyrrole nitrogens is 1. The van der Waals surface area contributed by atoms with E-state index >= 15 is 0 Å². The van der Waals surface area contributed by atoms with Crippen molar-refractivity contribution in [1.29, 1.82) is 0 Å². The van der Waals surface area contributed by atoms with Crippen molar-refractivity contribution in [1.82, 2.24) is 15.1 Å². The first-order chi connectivity index (χ1) is 7.20. The van der Waals surface area contributed by atoms with Crippen LogP contribution >= 0.6 is 0 Å². The van der Waals surface area contributed by atoms with Crippen LogP contribution in [0, 0.1) is 6.92 Å². The van der Waals surface area contributed by atoms with Crippen molar-refractivity contribution >= 4 is 0 Å². The molecule has 2 rings (SSSR count). The molecule has 0 spiro atoms. The van der Waals surface area contributed by atoms with E-state index in [0.29, 0.717) is 5.56 Å². The number of hydrogen-bond acceptors (Lipinski definition) is 5. The van der Waals surface area contributed by atoms with Crippen LogP contribution in [-0.4, -0.2) is 20.2 Å². The Bertz CT molecular complexity index is 529. The molecule has 0 aliphatic carbocycles. The Morgan fingerprint density at radius 3 is 3.00 bits per heavy atom. The van der Waals surface area contributed by atoms with Gasteiger partial charge < -0.3 is 14.6 Å². The zero-order chi connectivity index (χ0) is 10.8. The van der Waals surface area contributed by atoms with Crippen molar-refractivity contribution in [2.45, 2.75) is 13.5 Å². The molecule has 0 unspecified atom stereocenters. The van der Waals surface area contributed by atoms with Gasteiger partial charge >= 0.3 is 0 Å². The zero-order valence-corrected chi connectivity index (χ0v) is 8.02. The molecule has 2 aromatic heterocycles. The van der Waals surface area contributed by atoms with Crippen molar-refractivity contribution in [2.75, 3.05) is 0 Å². The van der Waals surface area contributed by atoms with Gasteiger partial charge in [-0.25, -0.2) is 0 Å². The van der Waals surface area contributed by atoms with E-state index in [2.05, 4.69) is 15.1 Å². The van der Waals surface area contributed by atoms with Gasteiger partial charge in [0.2, 0.25) is 0 Å². The minimum absolute atomic E-state index is 0.111. The van der Waals surface area contributed by atoms with Gasteiger partial charge in [-0.3, -0.25) is 4.79 Å². The number of aromatic amines is 1. The van der Waals surface area contributed by atoms with E-state index in [1.807, 2.05) is 0 Å². The number of nitrogens with one attached hydrogen (secondary N) is 1. The van der Waals surface area contributed by atoms with Crippen LogP contribution in [0.3, 0.4) is 0 Å². The predicted octanol–water partition coefficient (Wildman–Crippen LogP) is 0.226. The third kappa shape index (κ3) is 1.79. The lowest BCUT2D eigenvalue weighted by Crippen LogP contribution is -2.05. The smallest absolute Gasteiger partial charge is 0.263 e. The molecule has 0 amide bonds. The van der Waals surface area contributed by atoms with Gasteiger partial charge in [-0.05, 0) is 6.92 Å². The van der Waals surface area contributed by atoms with E-state index in [1.165, 1.54) is 12.3 Å². The summed E-state index contributed by atoms with van der Waals surface area (Å²) in [6.45, 7) is 1.46. The summed E-state index contributed by atoms with van der Waals surface area (Å²) in [6, 6.07) is 1.44. The lowest BCUT2D eigenvalue weighted by atomic mass is 10.2. The van der Waals surface area contributed by atoms with Gasteiger partial charge in [0, 0.05) is 18.0 Å². The summed E-state index contributed by atoms with van der Waals surface area (Å²) in [5.74, 6) is 0.269. The van der Waals surface area contributed by atoms with Crippen LogP contribution < -0.4 is 5.43 Å². The molecule has 0 aliphatic rings. The van der Waals surface area contributed by atoms with E-state index in [4.69, 9.17) is 9.63 Å². The average Bonchev–Trinajstić information content (AvgIpc) is 2.66. The Hall–Kier alpha value is -1.95. The van der Waals surface area contributed by atoms with Gasteiger partial charge in [0.25, 0.3) is 5.89 Å². The summed E-state index contributed by atoms with van der Waals surface area (Å²) in [5, 5.41) is 12.2. The van der Waals surface area contributed by atoms with Crippen LogP contribution in [0.15, 0.2) is 21.6 Å². The van der Waals surface area contributed by atoms with Crippen LogP contribution in [0.25, 0.3) is 11.5 Å². The second-order valence-electron chi connectivity index (χ2n) is 3.07. The number of rotatable bonds is 2. The second-order valence-corrected chi connectivity index (χ2v) is 3.07. The lowest BCUT2D eigenvalue weighted by molar-refractivity contribution is 0.264. The fraction of sp³-hybridized carbons (Fsp3) is 0.222. The first kappa shape index (κ1) is 9.60. The van der Waals surface area contributed by atoms with E-state index in [-0.39, 0.29) is 23.8 Å². The first-order valence-electron chi connectivity index (χ1n) is 4.34. The Morgan fingerprint density at radius 2 is 2.40 bits per heavy atom. The van der Waals surface area contributed by atoms with Crippen molar-refractivity contribution in [3.05, 3.63) is 34.0 Å². The SMILES string of the molecule is Cc1cc(=O)c(-c2nc(CO)no2)c[nH]1. The molecule has 0 fully saturated rings. The molecule has 0 bridgehead atoms. The van der Waals surface area contributed by atoms with Gasteiger partial charge in [-0.1, -0.05) is 5.16 Å². The van der Waals surface area contributed by atoms with Crippen molar-refractivity contribution in [2.24, 2.45) is 0 Å². The molecule has 78 valence electrons. The molecule has 0 aliphatic heterocycles. The number of hydrogen-bond donors (Lipinski definition) is 2. The van der Waals surface area contributed by atoms with E-state index in [1.54, 1.807) is 6.92 Å². The maximum atomic E-state index is 11.5. The van der Waals surface area contributed by atoms with E-state index in [0.717, 1.165) is 5.69 Å². The molecule has 0 radical (unpaired) electrons. The first-order valence-corrected chi connectivity index (χ1v) is 4.34. The van der Waals surface area contributed by atoms with E-state index < -0.39 is 0 Å². The molecular formula is C9H9N3O3. The summed E-state index contributed by atoms with van der Waals surface area (Å²) in [6.07, 6.45) is 1.51. The molecule has 2 heterocycles. The predicted molar refractivity (Wildman–Crippen MR) is 51.0 cm³/mol. The molecule has 0 saturated carbocycles. The fourth-order valence-electron chi connectivity index (χ4n) is 1.17. The maximum Gasteiger partial charge on any atom is 0.263 e. The number of aryl methyl sites for hydroxylation is 1. The molecule has 0 saturated heterocycles. The van der Waals surface area contributed by atoms with Gasteiger partial charge in [0.1, 0.15) is 12.2 Å². The normalized spacial score (nSPS) is 10.5. The monoisotopic (exact) mass is 207 g/mol. The highest BCUT2D eigenvalue weighted by Crippen LogP contribution is 2.11. The van der Waals surface area contributed by atoms with Gasteiger partial charge in [0.05, 0.1) is 0 Å².